The highest BCUT2D eigenvalue weighted by Gasteiger charge is 2.21. The summed E-state index contributed by atoms with van der Waals surface area (Å²) in [5.41, 5.74) is -0.822. The lowest BCUT2D eigenvalue weighted by Crippen LogP contribution is -2.09. The molecule has 0 aliphatic carbocycles. The summed E-state index contributed by atoms with van der Waals surface area (Å²) in [6, 6.07) is 1.52. The molecule has 1 rings (SSSR count). The smallest absolute Gasteiger partial charge is 0.387 e. The van der Waals surface area contributed by atoms with E-state index < -0.39 is 34.7 Å². The van der Waals surface area contributed by atoms with E-state index in [9.17, 15) is 18.0 Å². The van der Waals surface area contributed by atoms with E-state index in [4.69, 9.17) is 16.7 Å². The zero-order chi connectivity index (χ0) is 11.6. The van der Waals surface area contributed by atoms with Crippen molar-refractivity contribution >= 4 is 17.6 Å². The van der Waals surface area contributed by atoms with Gasteiger partial charge in [-0.15, -0.1) is 0 Å². The van der Waals surface area contributed by atoms with Gasteiger partial charge in [-0.1, -0.05) is 11.6 Å². The lowest BCUT2D eigenvalue weighted by molar-refractivity contribution is -0.0503. The molecule has 7 heteroatoms. The van der Waals surface area contributed by atoms with Crippen molar-refractivity contribution in [3.05, 3.63) is 28.5 Å². The molecule has 0 fully saturated rings. The van der Waals surface area contributed by atoms with Gasteiger partial charge in [0.1, 0.15) is 17.1 Å². The lowest BCUT2D eigenvalue weighted by atomic mass is 10.2. The summed E-state index contributed by atoms with van der Waals surface area (Å²) >= 11 is 5.30. The summed E-state index contributed by atoms with van der Waals surface area (Å²) < 4.78 is 40.4. The molecule has 1 aromatic rings. The number of aromatic carboxylic acids is 1. The Kier molecular flexibility index (Phi) is 3.41. The van der Waals surface area contributed by atoms with Crippen molar-refractivity contribution in [3.63, 3.8) is 0 Å². The van der Waals surface area contributed by atoms with E-state index in [1.807, 2.05) is 0 Å². The molecule has 15 heavy (non-hydrogen) atoms. The molecule has 0 saturated carbocycles. The van der Waals surface area contributed by atoms with Gasteiger partial charge in [0.25, 0.3) is 0 Å². The van der Waals surface area contributed by atoms with Crippen LogP contribution >= 0.6 is 11.6 Å². The number of carboxylic acids is 1. The number of rotatable bonds is 3. The molecule has 1 aromatic carbocycles. The van der Waals surface area contributed by atoms with E-state index in [0.29, 0.717) is 0 Å². The van der Waals surface area contributed by atoms with Gasteiger partial charge >= 0.3 is 12.6 Å². The lowest BCUT2D eigenvalue weighted by Gasteiger charge is -2.09. The number of alkyl halides is 2. The average Bonchev–Trinajstić information content (AvgIpc) is 2.10. The minimum atomic E-state index is -3.20. The molecule has 82 valence electrons. The number of hydrogen-bond acceptors (Lipinski definition) is 2. The molecule has 0 bridgehead atoms. The maximum Gasteiger partial charge on any atom is 0.387 e. The largest absolute Gasteiger partial charge is 0.477 e. The standard InChI is InChI=1S/C8H4ClF3O3/c9-6-3(10)1-2-4(15-8(11)12)5(6)7(13)14/h1-2,8H,(H,13,14). The third-order valence-electron chi connectivity index (χ3n) is 1.49. The van der Waals surface area contributed by atoms with Gasteiger partial charge in [0, 0.05) is 0 Å². The zero-order valence-corrected chi connectivity index (χ0v) is 7.76. The monoisotopic (exact) mass is 240 g/mol. The highest BCUT2D eigenvalue weighted by Crippen LogP contribution is 2.30. The third-order valence-corrected chi connectivity index (χ3v) is 1.86. The first kappa shape index (κ1) is 11.6. The van der Waals surface area contributed by atoms with E-state index in [1.54, 1.807) is 0 Å². The summed E-state index contributed by atoms with van der Waals surface area (Å²) in [5.74, 6) is -3.34. The minimum Gasteiger partial charge on any atom is -0.477 e. The van der Waals surface area contributed by atoms with E-state index >= 15 is 0 Å². The minimum absolute atomic E-state index is 0.677. The van der Waals surface area contributed by atoms with Crippen molar-refractivity contribution in [1.82, 2.24) is 0 Å². The normalized spacial score (nSPS) is 10.5. The molecular weight excluding hydrogens is 237 g/mol. The number of benzene rings is 1. The zero-order valence-electron chi connectivity index (χ0n) is 7.01. The van der Waals surface area contributed by atoms with Crippen LogP contribution in [0.5, 0.6) is 5.75 Å². The van der Waals surface area contributed by atoms with Crippen LogP contribution in [-0.4, -0.2) is 17.7 Å². The Morgan fingerprint density at radius 1 is 1.47 bits per heavy atom. The van der Waals surface area contributed by atoms with Crippen molar-refractivity contribution < 1.29 is 27.8 Å². The Morgan fingerprint density at radius 3 is 2.53 bits per heavy atom. The Labute approximate surface area is 87.0 Å². The van der Waals surface area contributed by atoms with Gasteiger partial charge in [-0.2, -0.15) is 8.78 Å². The molecule has 0 spiro atoms. The number of carbonyl (C=O) groups is 1. The first-order chi connectivity index (χ1) is 6.93. The number of ether oxygens (including phenoxy) is 1. The number of hydrogen-bond donors (Lipinski definition) is 1. The van der Waals surface area contributed by atoms with Gasteiger partial charge in [-0.05, 0) is 12.1 Å². The Balaban J connectivity index is 3.27. The summed E-state index contributed by atoms with van der Waals surface area (Å²) in [6.07, 6.45) is 0. The van der Waals surface area contributed by atoms with Crippen LogP contribution < -0.4 is 4.74 Å². The Morgan fingerprint density at radius 2 is 2.07 bits per heavy atom. The maximum atomic E-state index is 12.8. The highest BCUT2D eigenvalue weighted by atomic mass is 35.5. The predicted molar refractivity (Wildman–Crippen MR) is 45.0 cm³/mol. The molecule has 0 atom stereocenters. The van der Waals surface area contributed by atoms with E-state index in [-0.39, 0.29) is 0 Å². The van der Waals surface area contributed by atoms with Crippen LogP contribution in [0.3, 0.4) is 0 Å². The number of carboxylic acid groups (broad SMARTS) is 1. The molecule has 3 nitrogen and oxygen atoms in total. The molecule has 0 heterocycles. The van der Waals surface area contributed by atoms with Crippen LogP contribution in [0.4, 0.5) is 13.2 Å². The van der Waals surface area contributed by atoms with Crippen LogP contribution in [-0.2, 0) is 0 Å². The van der Waals surface area contributed by atoms with E-state index in [1.165, 1.54) is 0 Å². The summed E-state index contributed by atoms with van der Waals surface area (Å²) in [6.45, 7) is -3.20. The second-order valence-electron chi connectivity index (χ2n) is 2.42. The predicted octanol–water partition coefficient (Wildman–Crippen LogP) is 2.78. The molecule has 0 amide bonds. The third kappa shape index (κ3) is 2.53. The molecule has 0 saturated heterocycles. The SMILES string of the molecule is O=C(O)c1c(OC(F)F)ccc(F)c1Cl. The van der Waals surface area contributed by atoms with Crippen LogP contribution in [0.15, 0.2) is 12.1 Å². The molecular formula is C8H4ClF3O3. The first-order valence-corrected chi connectivity index (χ1v) is 3.97. The quantitative estimate of drug-likeness (QED) is 0.884. The molecule has 0 aromatic heterocycles. The molecule has 1 N–H and O–H groups in total. The Hall–Kier alpha value is -1.43. The van der Waals surface area contributed by atoms with Crippen LogP contribution in [0.2, 0.25) is 5.02 Å². The number of halogens is 4. The highest BCUT2D eigenvalue weighted by molar-refractivity contribution is 6.34. The molecule has 0 radical (unpaired) electrons. The van der Waals surface area contributed by atoms with Gasteiger partial charge in [-0.25, -0.2) is 9.18 Å². The topological polar surface area (TPSA) is 46.5 Å². The van der Waals surface area contributed by atoms with Crippen molar-refractivity contribution in [3.8, 4) is 5.75 Å². The van der Waals surface area contributed by atoms with Crippen LogP contribution in [0.1, 0.15) is 10.4 Å². The van der Waals surface area contributed by atoms with Gasteiger partial charge in [-0.3, -0.25) is 0 Å². The summed E-state index contributed by atoms with van der Waals surface area (Å²) in [7, 11) is 0. The van der Waals surface area contributed by atoms with E-state index in [2.05, 4.69) is 4.74 Å². The summed E-state index contributed by atoms with van der Waals surface area (Å²) in [5, 5.41) is 7.84. The second-order valence-corrected chi connectivity index (χ2v) is 2.80. The summed E-state index contributed by atoms with van der Waals surface area (Å²) in [4.78, 5) is 10.6. The van der Waals surface area contributed by atoms with Gasteiger partial charge in [0.05, 0.1) is 5.02 Å². The molecule has 0 aliphatic rings. The first-order valence-electron chi connectivity index (χ1n) is 3.59. The van der Waals surface area contributed by atoms with Crippen molar-refractivity contribution in [2.45, 2.75) is 6.61 Å². The molecule has 0 unspecified atom stereocenters. The van der Waals surface area contributed by atoms with E-state index in [0.717, 1.165) is 12.1 Å². The van der Waals surface area contributed by atoms with Gasteiger partial charge < -0.3 is 9.84 Å². The van der Waals surface area contributed by atoms with Crippen molar-refractivity contribution in [1.29, 1.82) is 0 Å². The fourth-order valence-corrected chi connectivity index (χ4v) is 1.16. The molecule has 0 aliphatic heterocycles. The van der Waals surface area contributed by atoms with Gasteiger partial charge in [0.15, 0.2) is 0 Å². The van der Waals surface area contributed by atoms with Crippen LogP contribution in [0, 0.1) is 5.82 Å². The fraction of sp³-hybridized carbons (Fsp3) is 0.125. The Bertz CT molecular complexity index is 395. The fourth-order valence-electron chi connectivity index (χ4n) is 0.926. The van der Waals surface area contributed by atoms with Crippen molar-refractivity contribution in [2.24, 2.45) is 0 Å². The second kappa shape index (κ2) is 4.39. The van der Waals surface area contributed by atoms with Crippen LogP contribution in [0.25, 0.3) is 0 Å². The maximum absolute atomic E-state index is 12.8. The van der Waals surface area contributed by atoms with Gasteiger partial charge in [0.2, 0.25) is 0 Å². The average molecular weight is 241 g/mol. The van der Waals surface area contributed by atoms with Crippen molar-refractivity contribution in [2.75, 3.05) is 0 Å².